The summed E-state index contributed by atoms with van der Waals surface area (Å²) in [7, 11) is 0. The quantitative estimate of drug-likeness (QED) is 0.718. The fourth-order valence-electron chi connectivity index (χ4n) is 4.04. The summed E-state index contributed by atoms with van der Waals surface area (Å²) in [6.45, 7) is 9.96. The lowest BCUT2D eigenvalue weighted by Crippen LogP contribution is -2.60. The van der Waals surface area contributed by atoms with Crippen molar-refractivity contribution in [3.8, 4) is 0 Å². The molecule has 2 aromatic heterocycles. The van der Waals surface area contributed by atoms with E-state index in [0.717, 1.165) is 17.8 Å². The average molecular weight is 397 g/mol. The fourth-order valence-corrected chi connectivity index (χ4v) is 4.04. The SMILES string of the molecule is CC1CN(C(=O)N2Cc3c(NC(=O)c4ccccn4)n[nH]c3C2(C)C)C(C)CN1. The number of amides is 3. The van der Waals surface area contributed by atoms with Gasteiger partial charge >= 0.3 is 6.03 Å². The van der Waals surface area contributed by atoms with E-state index in [1.807, 2.05) is 23.6 Å². The predicted octanol–water partition coefficient (Wildman–Crippen LogP) is 1.91. The number of aromatic nitrogens is 3. The molecule has 3 N–H and O–H groups in total. The van der Waals surface area contributed by atoms with E-state index in [0.29, 0.717) is 24.6 Å². The molecule has 9 heteroatoms. The van der Waals surface area contributed by atoms with Gasteiger partial charge in [-0.3, -0.25) is 14.9 Å². The third kappa shape index (κ3) is 3.35. The highest BCUT2D eigenvalue weighted by atomic mass is 16.2. The van der Waals surface area contributed by atoms with Crippen LogP contribution >= 0.6 is 0 Å². The number of hydrogen-bond donors (Lipinski definition) is 3. The summed E-state index contributed by atoms with van der Waals surface area (Å²) in [6, 6.07) is 5.55. The van der Waals surface area contributed by atoms with Gasteiger partial charge in [0.15, 0.2) is 5.82 Å². The van der Waals surface area contributed by atoms with Gasteiger partial charge in [-0.1, -0.05) is 6.07 Å². The summed E-state index contributed by atoms with van der Waals surface area (Å²) in [5, 5.41) is 13.5. The zero-order valence-electron chi connectivity index (χ0n) is 17.2. The zero-order valence-corrected chi connectivity index (χ0v) is 17.2. The summed E-state index contributed by atoms with van der Waals surface area (Å²) in [4.78, 5) is 33.7. The van der Waals surface area contributed by atoms with Gasteiger partial charge in [0.05, 0.1) is 17.8 Å². The molecule has 2 aliphatic heterocycles. The van der Waals surface area contributed by atoms with Crippen LogP contribution in [0, 0.1) is 0 Å². The lowest BCUT2D eigenvalue weighted by molar-refractivity contribution is 0.0808. The second-order valence-corrected chi connectivity index (χ2v) is 8.33. The smallest absolute Gasteiger partial charge is 0.319 e. The van der Waals surface area contributed by atoms with Crippen molar-refractivity contribution in [3.63, 3.8) is 0 Å². The predicted molar refractivity (Wildman–Crippen MR) is 108 cm³/mol. The number of aromatic amines is 1. The van der Waals surface area contributed by atoms with Crippen molar-refractivity contribution in [3.05, 3.63) is 41.3 Å². The molecule has 0 radical (unpaired) electrons. The Bertz CT molecular complexity index is 924. The van der Waals surface area contributed by atoms with E-state index in [1.165, 1.54) is 0 Å². The minimum absolute atomic E-state index is 0.00227. The molecular formula is C20H27N7O2. The number of anilines is 1. The molecule has 0 saturated carbocycles. The Morgan fingerprint density at radius 2 is 2.07 bits per heavy atom. The molecule has 2 aromatic rings. The van der Waals surface area contributed by atoms with E-state index in [1.54, 1.807) is 24.4 Å². The minimum Gasteiger partial charge on any atom is -0.319 e. The molecular weight excluding hydrogens is 370 g/mol. The first-order valence-electron chi connectivity index (χ1n) is 9.90. The molecule has 1 saturated heterocycles. The Kier molecular flexibility index (Phi) is 4.77. The number of nitrogens with zero attached hydrogens (tertiary/aromatic N) is 4. The van der Waals surface area contributed by atoms with Crippen molar-refractivity contribution >= 4 is 17.8 Å². The highest BCUT2D eigenvalue weighted by Crippen LogP contribution is 2.41. The molecule has 2 atom stereocenters. The van der Waals surface area contributed by atoms with Gasteiger partial charge in [-0.25, -0.2) is 4.79 Å². The number of fused-ring (bicyclic) bond motifs is 1. The number of pyridine rings is 1. The molecule has 3 amide bonds. The number of urea groups is 1. The number of carbonyl (C=O) groups excluding carboxylic acids is 2. The molecule has 9 nitrogen and oxygen atoms in total. The van der Waals surface area contributed by atoms with Crippen molar-refractivity contribution in [2.45, 2.75) is 51.9 Å². The molecule has 0 aliphatic carbocycles. The van der Waals surface area contributed by atoms with E-state index in [9.17, 15) is 9.59 Å². The highest BCUT2D eigenvalue weighted by Gasteiger charge is 2.46. The Balaban J connectivity index is 1.56. The van der Waals surface area contributed by atoms with E-state index >= 15 is 0 Å². The Morgan fingerprint density at radius 3 is 2.79 bits per heavy atom. The first kappa shape index (κ1) is 19.4. The van der Waals surface area contributed by atoms with Crippen LogP contribution in [0.15, 0.2) is 24.4 Å². The number of H-pyrrole nitrogens is 1. The standard InChI is InChI=1S/C20H27N7O2/c1-12-10-26(13(2)9-22-12)19(29)27-11-14-16(20(27,3)4)24-25-17(14)23-18(28)15-7-5-6-8-21-15/h5-8,12-13,22H,9-11H2,1-4H3,(H2,23,24,25,28). The first-order valence-corrected chi connectivity index (χ1v) is 9.90. The molecule has 0 spiro atoms. The van der Waals surface area contributed by atoms with Crippen molar-refractivity contribution in [2.75, 3.05) is 18.4 Å². The third-order valence-corrected chi connectivity index (χ3v) is 5.84. The second-order valence-electron chi connectivity index (χ2n) is 8.33. The van der Waals surface area contributed by atoms with Crippen LogP contribution in [0.1, 0.15) is 49.4 Å². The number of carbonyl (C=O) groups is 2. The lowest BCUT2D eigenvalue weighted by Gasteiger charge is -2.42. The lowest BCUT2D eigenvalue weighted by atomic mass is 10.0. The molecule has 2 aliphatic rings. The van der Waals surface area contributed by atoms with E-state index in [-0.39, 0.29) is 24.0 Å². The number of rotatable bonds is 2. The Morgan fingerprint density at radius 1 is 1.28 bits per heavy atom. The minimum atomic E-state index is -0.554. The van der Waals surface area contributed by atoms with Crippen LogP contribution in [0.2, 0.25) is 0 Å². The molecule has 154 valence electrons. The van der Waals surface area contributed by atoms with Crippen LogP contribution in [-0.2, 0) is 12.1 Å². The molecule has 4 rings (SSSR count). The van der Waals surface area contributed by atoms with Crippen molar-refractivity contribution in [2.24, 2.45) is 0 Å². The van der Waals surface area contributed by atoms with E-state index in [4.69, 9.17) is 0 Å². The van der Waals surface area contributed by atoms with E-state index in [2.05, 4.69) is 39.7 Å². The van der Waals surface area contributed by atoms with Crippen LogP contribution < -0.4 is 10.6 Å². The van der Waals surface area contributed by atoms with Gasteiger partial charge in [-0.15, -0.1) is 0 Å². The average Bonchev–Trinajstić information content (AvgIpc) is 3.22. The van der Waals surface area contributed by atoms with Crippen LogP contribution in [0.25, 0.3) is 0 Å². The summed E-state index contributed by atoms with van der Waals surface area (Å²) < 4.78 is 0. The summed E-state index contributed by atoms with van der Waals surface area (Å²) in [5.74, 6) is 0.118. The van der Waals surface area contributed by atoms with Crippen molar-refractivity contribution in [1.82, 2.24) is 30.3 Å². The molecule has 4 heterocycles. The maximum absolute atomic E-state index is 13.4. The summed E-state index contributed by atoms with van der Waals surface area (Å²) in [6.07, 6.45) is 1.57. The largest absolute Gasteiger partial charge is 0.321 e. The van der Waals surface area contributed by atoms with Crippen molar-refractivity contribution in [1.29, 1.82) is 0 Å². The van der Waals surface area contributed by atoms with E-state index < -0.39 is 5.54 Å². The normalized spacial score (nSPS) is 23.0. The molecule has 0 bridgehead atoms. The van der Waals surface area contributed by atoms with Gasteiger partial charge < -0.3 is 20.4 Å². The van der Waals surface area contributed by atoms with Gasteiger partial charge in [-0.05, 0) is 39.8 Å². The van der Waals surface area contributed by atoms with Gasteiger partial charge in [0.1, 0.15) is 5.69 Å². The molecule has 1 fully saturated rings. The number of hydrogen-bond acceptors (Lipinski definition) is 5. The zero-order chi connectivity index (χ0) is 20.8. The topological polar surface area (TPSA) is 106 Å². The summed E-state index contributed by atoms with van der Waals surface area (Å²) >= 11 is 0. The fraction of sp³-hybridized carbons (Fsp3) is 0.500. The van der Waals surface area contributed by atoms with Crippen LogP contribution in [-0.4, -0.2) is 62.1 Å². The van der Waals surface area contributed by atoms with Gasteiger partial charge in [-0.2, -0.15) is 5.10 Å². The monoisotopic (exact) mass is 397 g/mol. The number of nitrogens with one attached hydrogen (secondary N) is 3. The molecule has 0 aromatic carbocycles. The van der Waals surface area contributed by atoms with Crippen LogP contribution in [0.3, 0.4) is 0 Å². The summed E-state index contributed by atoms with van der Waals surface area (Å²) in [5.41, 5.74) is 1.45. The molecule has 2 unspecified atom stereocenters. The van der Waals surface area contributed by atoms with Gasteiger partial charge in [0.25, 0.3) is 5.91 Å². The molecule has 29 heavy (non-hydrogen) atoms. The van der Waals surface area contributed by atoms with Crippen LogP contribution in [0.5, 0.6) is 0 Å². The maximum atomic E-state index is 13.4. The first-order chi connectivity index (χ1) is 13.8. The Hall–Kier alpha value is -2.94. The van der Waals surface area contributed by atoms with Crippen molar-refractivity contribution < 1.29 is 9.59 Å². The number of piperazine rings is 1. The highest BCUT2D eigenvalue weighted by molar-refractivity contribution is 6.02. The Labute approximate surface area is 169 Å². The van der Waals surface area contributed by atoms with Gasteiger partial charge in [0.2, 0.25) is 0 Å². The second kappa shape index (κ2) is 7.14. The van der Waals surface area contributed by atoms with Crippen LogP contribution in [0.4, 0.5) is 10.6 Å². The van der Waals surface area contributed by atoms with Gasteiger partial charge in [0, 0.05) is 36.9 Å². The maximum Gasteiger partial charge on any atom is 0.321 e. The third-order valence-electron chi connectivity index (χ3n) is 5.84.